The Bertz CT molecular complexity index is 38.5. The Balaban J connectivity index is 3.17. The van der Waals surface area contributed by atoms with E-state index >= 15 is 0 Å². The lowest BCUT2D eigenvalue weighted by Crippen LogP contribution is -2.10. The molecule has 0 saturated carbocycles. The van der Waals surface area contributed by atoms with E-state index in [-0.39, 0.29) is 0 Å². The maximum atomic E-state index is 4.08. The van der Waals surface area contributed by atoms with Gasteiger partial charge in [0.1, 0.15) is 7.22 Å². The molecular weight excluding hydrogens is 128 g/mol. The van der Waals surface area contributed by atoms with Crippen LogP contribution in [0.3, 0.4) is 0 Å². The molecule has 0 N–H and O–H groups in total. The van der Waals surface area contributed by atoms with Gasteiger partial charge in [0.05, 0.1) is 0 Å². The summed E-state index contributed by atoms with van der Waals surface area (Å²) in [5.41, 5.74) is 0. The van der Waals surface area contributed by atoms with Crippen LogP contribution in [0.15, 0.2) is 0 Å². The van der Waals surface area contributed by atoms with Crippen molar-refractivity contribution in [1.29, 1.82) is 0 Å². The monoisotopic (exact) mass is 138 g/mol. The molecule has 38 valence electrons. The van der Waals surface area contributed by atoms with Gasteiger partial charge in [0.25, 0.3) is 0 Å². The van der Waals surface area contributed by atoms with E-state index in [9.17, 15) is 0 Å². The second-order valence-corrected chi connectivity index (χ2v) is 12.5. The molecule has 0 fully saturated rings. The molecule has 0 aliphatic rings. The van der Waals surface area contributed by atoms with E-state index < -0.39 is 7.22 Å². The number of rotatable bonds is 1. The fourth-order valence-electron chi connectivity index (χ4n) is 0. The van der Waals surface area contributed by atoms with Crippen molar-refractivity contribution in [1.82, 2.24) is 0 Å². The predicted molar refractivity (Wildman–Crippen MR) is 39.9 cm³/mol. The number of thiol groups is 1. The largest absolute Gasteiger partial charge is 0.125 e. The molecule has 0 bridgehead atoms. The molecule has 3 heteroatoms. The van der Waals surface area contributed by atoms with Crippen molar-refractivity contribution in [2.75, 3.05) is 0 Å². The van der Waals surface area contributed by atoms with Gasteiger partial charge in [0.2, 0.25) is 0 Å². The quantitative estimate of drug-likeness (QED) is 0.330. The number of hydrogen-bond acceptors (Lipinski definition) is 2. The molecule has 0 aliphatic heterocycles. The lowest BCUT2D eigenvalue weighted by atomic mass is 11.8. The zero-order valence-corrected chi connectivity index (χ0v) is 7.07. The summed E-state index contributed by atoms with van der Waals surface area (Å²) >= 11 is 4.08. The summed E-state index contributed by atoms with van der Waals surface area (Å²) in [5, 5.41) is 0. The third kappa shape index (κ3) is 4.92. The Labute approximate surface area is 49.2 Å². The van der Waals surface area contributed by atoms with Crippen molar-refractivity contribution < 1.29 is 0 Å². The highest BCUT2D eigenvalue weighted by Crippen LogP contribution is 2.21. The Morgan fingerprint density at radius 2 is 1.50 bits per heavy atom. The highest BCUT2D eigenvalue weighted by Gasteiger charge is 2.09. The van der Waals surface area contributed by atoms with Crippen LogP contribution in [0, 0.1) is 0 Å². The average Bonchev–Trinajstić information content (AvgIpc) is 1.35. The Kier molecular flexibility index (Phi) is 2.63. The summed E-state index contributed by atoms with van der Waals surface area (Å²) in [6.07, 6.45) is 0. The van der Waals surface area contributed by atoms with Crippen molar-refractivity contribution in [3.63, 3.8) is 0 Å². The average molecular weight is 138 g/mol. The molecule has 0 rings (SSSR count). The van der Waals surface area contributed by atoms with Crippen molar-refractivity contribution in [2.24, 2.45) is 0 Å². The molecule has 0 aromatic rings. The minimum Gasteiger partial charge on any atom is -0.125 e. The first-order valence-electron chi connectivity index (χ1n) is 1.89. The van der Waals surface area contributed by atoms with Crippen LogP contribution in [0.4, 0.5) is 0 Å². The van der Waals surface area contributed by atoms with Gasteiger partial charge in [-0.3, -0.25) is 0 Å². The van der Waals surface area contributed by atoms with Crippen LogP contribution in [-0.2, 0) is 0 Å². The second kappa shape index (κ2) is 2.28. The SMILES string of the molecule is C[Si](C)(C)SS. The first-order chi connectivity index (χ1) is 2.56. The van der Waals surface area contributed by atoms with Gasteiger partial charge in [0, 0.05) is 0 Å². The number of hydrogen-bond donors (Lipinski definition) is 1. The first-order valence-corrected chi connectivity index (χ1v) is 7.98. The van der Waals surface area contributed by atoms with E-state index in [2.05, 4.69) is 31.3 Å². The molecule has 0 aliphatic carbocycles. The Hall–Kier alpha value is 0.917. The van der Waals surface area contributed by atoms with Gasteiger partial charge in [-0.2, -0.15) is 0 Å². The van der Waals surface area contributed by atoms with Gasteiger partial charge in [-0.15, -0.1) is 21.9 Å². The lowest BCUT2D eigenvalue weighted by molar-refractivity contribution is 1.88. The van der Waals surface area contributed by atoms with E-state index in [1.54, 1.807) is 10.2 Å². The van der Waals surface area contributed by atoms with Crippen molar-refractivity contribution in [3.05, 3.63) is 0 Å². The fourth-order valence-corrected chi connectivity index (χ4v) is 0. The fraction of sp³-hybridized carbons (Fsp3) is 1.00. The van der Waals surface area contributed by atoms with Crippen molar-refractivity contribution in [3.8, 4) is 0 Å². The maximum absolute atomic E-state index is 4.08. The Morgan fingerprint density at radius 3 is 1.50 bits per heavy atom. The maximum Gasteiger partial charge on any atom is 0.121 e. The van der Waals surface area contributed by atoms with Crippen molar-refractivity contribution in [2.45, 2.75) is 19.6 Å². The zero-order chi connectivity index (χ0) is 5.21. The van der Waals surface area contributed by atoms with Crippen LogP contribution in [0.2, 0.25) is 19.6 Å². The van der Waals surface area contributed by atoms with Gasteiger partial charge in [0.15, 0.2) is 0 Å². The van der Waals surface area contributed by atoms with Crippen LogP contribution in [0.25, 0.3) is 0 Å². The third-order valence-electron chi connectivity index (χ3n) is 0.274. The summed E-state index contributed by atoms with van der Waals surface area (Å²) in [6, 6.07) is 0. The van der Waals surface area contributed by atoms with Crippen LogP contribution >= 0.6 is 21.9 Å². The van der Waals surface area contributed by atoms with Gasteiger partial charge < -0.3 is 0 Å². The van der Waals surface area contributed by atoms with Gasteiger partial charge in [-0.05, 0) is 0 Å². The summed E-state index contributed by atoms with van der Waals surface area (Å²) in [7, 11) is 0.865. The van der Waals surface area contributed by atoms with E-state index in [1.165, 1.54) is 0 Å². The van der Waals surface area contributed by atoms with Gasteiger partial charge in [-0.1, -0.05) is 19.6 Å². The summed E-state index contributed by atoms with van der Waals surface area (Å²) in [4.78, 5) is 0. The molecule has 0 spiro atoms. The zero-order valence-electron chi connectivity index (χ0n) is 4.36. The summed E-state index contributed by atoms with van der Waals surface area (Å²) < 4.78 is 0. The lowest BCUT2D eigenvalue weighted by Gasteiger charge is -2.07. The molecular formula is C3H10S2Si. The molecule has 0 amide bonds. The third-order valence-corrected chi connectivity index (χ3v) is 7.39. The topological polar surface area (TPSA) is 0 Å². The predicted octanol–water partition coefficient (Wildman–Crippen LogP) is 2.40. The second-order valence-electron chi connectivity index (χ2n) is 2.20. The highest BCUT2D eigenvalue weighted by molar-refractivity contribution is 8.81. The molecule has 0 unspecified atom stereocenters. The standard InChI is InChI=1S/C3H10S2Si/c1-6(2,3)5-4/h4H,1-3H3. The molecule has 0 atom stereocenters. The molecule has 6 heavy (non-hydrogen) atoms. The molecule has 0 aromatic carbocycles. The Morgan fingerprint density at radius 1 is 1.33 bits per heavy atom. The van der Waals surface area contributed by atoms with Gasteiger partial charge in [-0.25, -0.2) is 0 Å². The van der Waals surface area contributed by atoms with E-state index in [0.29, 0.717) is 0 Å². The molecule has 0 aromatic heterocycles. The molecule has 0 saturated heterocycles. The minimum absolute atomic E-state index is 0.850. The van der Waals surface area contributed by atoms with E-state index in [4.69, 9.17) is 0 Å². The first kappa shape index (κ1) is 6.92. The summed E-state index contributed by atoms with van der Waals surface area (Å²) in [5.74, 6) is 0. The molecule has 0 radical (unpaired) electrons. The smallest absolute Gasteiger partial charge is 0.121 e. The summed E-state index contributed by atoms with van der Waals surface area (Å²) in [6.45, 7) is 6.81. The highest BCUT2D eigenvalue weighted by atomic mass is 33.2. The minimum atomic E-state index is -0.850. The van der Waals surface area contributed by atoms with Crippen LogP contribution < -0.4 is 0 Å². The van der Waals surface area contributed by atoms with Crippen molar-refractivity contribution >= 4 is 29.1 Å². The normalized spacial score (nSPS) is 12.0. The van der Waals surface area contributed by atoms with Crippen LogP contribution in [0.5, 0.6) is 0 Å². The van der Waals surface area contributed by atoms with E-state index in [1.807, 2.05) is 0 Å². The molecule has 0 nitrogen and oxygen atoms in total. The van der Waals surface area contributed by atoms with Gasteiger partial charge >= 0.3 is 0 Å². The van der Waals surface area contributed by atoms with Crippen LogP contribution in [-0.4, -0.2) is 7.22 Å². The van der Waals surface area contributed by atoms with Crippen LogP contribution in [0.1, 0.15) is 0 Å². The molecule has 0 heterocycles. The van der Waals surface area contributed by atoms with E-state index in [0.717, 1.165) is 0 Å².